The minimum atomic E-state index is -3.85. The van der Waals surface area contributed by atoms with Crippen molar-refractivity contribution >= 4 is 27.6 Å². The molecule has 1 amide bonds. The monoisotopic (exact) mass is 415 g/mol. The third-order valence-electron chi connectivity index (χ3n) is 5.09. The number of nitrogens with two attached hydrogens (primary N) is 1. The topological polar surface area (TPSA) is 136 Å². The predicted octanol–water partition coefficient (Wildman–Crippen LogP) is 1.50. The molecule has 0 saturated heterocycles. The molecule has 9 nitrogen and oxygen atoms in total. The van der Waals surface area contributed by atoms with Crippen molar-refractivity contribution in [2.75, 3.05) is 11.3 Å². The number of anilines is 1. The first-order chi connectivity index (χ1) is 13.8. The summed E-state index contributed by atoms with van der Waals surface area (Å²) in [4.78, 5) is 16.8. The molecule has 2 heterocycles. The van der Waals surface area contributed by atoms with E-state index in [9.17, 15) is 13.2 Å². The number of carbonyl (C=O) groups excluding carboxylic acids is 1. The van der Waals surface area contributed by atoms with Gasteiger partial charge < -0.3 is 15.8 Å². The number of pyridine rings is 1. The third kappa shape index (κ3) is 3.88. The van der Waals surface area contributed by atoms with Crippen molar-refractivity contribution in [3.8, 4) is 5.75 Å². The Labute approximate surface area is 168 Å². The first-order valence-electron chi connectivity index (χ1n) is 9.17. The Hall–Kier alpha value is -3.14. The molecule has 4 N–H and O–H groups in total. The lowest BCUT2D eigenvalue weighted by Crippen LogP contribution is -2.57. The Kier molecular flexibility index (Phi) is 4.65. The Morgan fingerprint density at radius 1 is 1.34 bits per heavy atom. The number of hydrogen-bond acceptors (Lipinski definition) is 6. The van der Waals surface area contributed by atoms with Crippen LogP contribution in [0.5, 0.6) is 5.75 Å². The van der Waals surface area contributed by atoms with Crippen LogP contribution in [0.2, 0.25) is 0 Å². The van der Waals surface area contributed by atoms with Crippen molar-refractivity contribution in [2.24, 2.45) is 10.1 Å². The van der Waals surface area contributed by atoms with Crippen LogP contribution in [0.25, 0.3) is 0 Å². The highest BCUT2D eigenvalue weighted by molar-refractivity contribution is 7.91. The smallest absolute Gasteiger partial charge is 0.344 e. The average Bonchev–Trinajstić information content (AvgIpc) is 2.62. The van der Waals surface area contributed by atoms with Gasteiger partial charge in [0, 0.05) is 17.5 Å². The van der Waals surface area contributed by atoms with Crippen molar-refractivity contribution in [3.63, 3.8) is 0 Å². The van der Waals surface area contributed by atoms with Crippen LogP contribution in [0.15, 0.2) is 40.9 Å². The molecule has 0 atom stereocenters. The molecule has 2 aromatic rings. The zero-order valence-corrected chi connectivity index (χ0v) is 16.6. The minimum absolute atomic E-state index is 0.131. The summed E-state index contributed by atoms with van der Waals surface area (Å²) in [6, 6.07) is 8.36. The number of ether oxygens (including phenoxy) is 1. The van der Waals surface area contributed by atoms with Gasteiger partial charge in [0.05, 0.1) is 16.8 Å². The quantitative estimate of drug-likeness (QED) is 0.677. The van der Waals surface area contributed by atoms with Gasteiger partial charge in [0.25, 0.3) is 5.91 Å². The summed E-state index contributed by atoms with van der Waals surface area (Å²) < 4.78 is 35.3. The van der Waals surface area contributed by atoms with Crippen LogP contribution in [0.3, 0.4) is 0 Å². The maximum absolute atomic E-state index is 12.7. The van der Waals surface area contributed by atoms with Crippen LogP contribution in [-0.2, 0) is 10.2 Å². The summed E-state index contributed by atoms with van der Waals surface area (Å²) in [7, 11) is -3.85. The largest absolute Gasteiger partial charge is 0.490 e. The fraction of sp³-hybridized carbons (Fsp3) is 0.316. The fourth-order valence-corrected chi connectivity index (χ4v) is 4.31. The van der Waals surface area contributed by atoms with Gasteiger partial charge in [-0.1, -0.05) is 6.07 Å². The summed E-state index contributed by atoms with van der Waals surface area (Å²) >= 11 is 0. The second-order valence-electron chi connectivity index (χ2n) is 7.29. The van der Waals surface area contributed by atoms with Crippen molar-refractivity contribution in [1.82, 2.24) is 10.3 Å². The zero-order valence-electron chi connectivity index (χ0n) is 15.8. The van der Waals surface area contributed by atoms with Gasteiger partial charge in [0.2, 0.25) is 0 Å². The van der Waals surface area contributed by atoms with Gasteiger partial charge in [-0.15, -0.1) is 4.40 Å². The first kappa shape index (κ1) is 19.2. The molecule has 29 heavy (non-hydrogen) atoms. The van der Waals surface area contributed by atoms with Crippen LogP contribution < -0.4 is 20.5 Å². The van der Waals surface area contributed by atoms with Crippen LogP contribution in [-0.4, -0.2) is 37.3 Å². The average molecular weight is 415 g/mol. The third-order valence-corrected chi connectivity index (χ3v) is 6.01. The number of rotatable bonds is 5. The molecule has 2 aliphatic rings. The molecule has 1 fully saturated rings. The number of amides is 1. The molecule has 0 unspecified atom stereocenters. The second kappa shape index (κ2) is 7.03. The van der Waals surface area contributed by atoms with Gasteiger partial charge in [-0.3, -0.25) is 14.5 Å². The predicted molar refractivity (Wildman–Crippen MR) is 108 cm³/mol. The van der Waals surface area contributed by atoms with Crippen molar-refractivity contribution in [2.45, 2.75) is 31.7 Å². The second-order valence-corrected chi connectivity index (χ2v) is 8.63. The first-order valence-corrected chi connectivity index (χ1v) is 10.6. The zero-order chi connectivity index (χ0) is 20.6. The number of amidine groups is 1. The van der Waals surface area contributed by atoms with Gasteiger partial charge in [-0.05, 0) is 50.5 Å². The van der Waals surface area contributed by atoms with E-state index in [4.69, 9.17) is 10.5 Å². The molecule has 10 heteroatoms. The molecule has 0 spiro atoms. The van der Waals surface area contributed by atoms with Crippen molar-refractivity contribution < 1.29 is 17.9 Å². The standard InChI is InChI=1S/C19H21N5O4S/c1-12-10-13(6-9-21-12)18(25)22-19(7-3-8-19)11-28-15-5-2-4-14-16(15)17(20)24-29(26,27)23-14/h2,4-6,9-10,23H,3,7-8,11H2,1H3,(H2,20,24)(H,22,25). The molecule has 0 bridgehead atoms. The van der Waals surface area contributed by atoms with E-state index in [1.165, 1.54) is 0 Å². The van der Waals surface area contributed by atoms with Gasteiger partial charge >= 0.3 is 10.2 Å². The number of aryl methyl sites for hydroxylation is 1. The molecule has 1 aromatic carbocycles. The Morgan fingerprint density at radius 3 is 2.83 bits per heavy atom. The van der Waals surface area contributed by atoms with E-state index in [0.717, 1.165) is 25.0 Å². The minimum Gasteiger partial charge on any atom is -0.490 e. The number of aromatic nitrogens is 1. The summed E-state index contributed by atoms with van der Waals surface area (Å²) in [6.07, 6.45) is 4.16. The van der Waals surface area contributed by atoms with Gasteiger partial charge in [-0.25, -0.2) is 0 Å². The Morgan fingerprint density at radius 2 is 2.14 bits per heavy atom. The van der Waals surface area contributed by atoms with E-state index < -0.39 is 15.7 Å². The lowest BCUT2D eigenvalue weighted by molar-refractivity contribution is 0.0691. The van der Waals surface area contributed by atoms with Crippen molar-refractivity contribution in [3.05, 3.63) is 53.3 Å². The molecule has 1 saturated carbocycles. The molecule has 4 rings (SSSR count). The Balaban J connectivity index is 1.52. The van der Waals surface area contributed by atoms with Crippen LogP contribution in [0, 0.1) is 6.92 Å². The summed E-state index contributed by atoms with van der Waals surface area (Å²) in [5.74, 6) is 0.0995. The highest BCUT2D eigenvalue weighted by atomic mass is 32.2. The number of nitrogens with one attached hydrogen (secondary N) is 2. The summed E-state index contributed by atoms with van der Waals surface area (Å²) in [6.45, 7) is 2.07. The molecule has 0 radical (unpaired) electrons. The maximum atomic E-state index is 12.7. The van der Waals surface area contributed by atoms with E-state index in [2.05, 4.69) is 19.4 Å². The van der Waals surface area contributed by atoms with Crippen LogP contribution in [0.4, 0.5) is 5.69 Å². The fourth-order valence-electron chi connectivity index (χ4n) is 3.46. The van der Waals surface area contributed by atoms with Crippen molar-refractivity contribution in [1.29, 1.82) is 0 Å². The molecule has 1 aliphatic heterocycles. The normalized spacial score (nSPS) is 18.4. The van der Waals surface area contributed by atoms with Crippen LogP contribution in [0.1, 0.15) is 40.9 Å². The molecular weight excluding hydrogens is 394 g/mol. The lowest BCUT2D eigenvalue weighted by atomic mass is 9.77. The van der Waals surface area contributed by atoms with E-state index in [1.807, 2.05) is 6.92 Å². The number of benzene rings is 1. The number of nitrogens with zero attached hydrogens (tertiary/aromatic N) is 2. The molecule has 152 valence electrons. The van der Waals surface area contributed by atoms with E-state index in [-0.39, 0.29) is 18.3 Å². The molecular formula is C19H21N5O4S. The highest BCUT2D eigenvalue weighted by Crippen LogP contribution is 2.35. The molecule has 1 aliphatic carbocycles. The maximum Gasteiger partial charge on any atom is 0.344 e. The summed E-state index contributed by atoms with van der Waals surface area (Å²) in [5.41, 5.74) is 7.39. The highest BCUT2D eigenvalue weighted by Gasteiger charge is 2.40. The van der Waals surface area contributed by atoms with Gasteiger partial charge in [0.1, 0.15) is 12.4 Å². The number of carbonyl (C=O) groups is 1. The molecule has 1 aromatic heterocycles. The Bertz CT molecular complexity index is 1110. The lowest BCUT2D eigenvalue weighted by Gasteiger charge is -2.42. The SMILES string of the molecule is Cc1cc(C(=O)NC2(COc3cccc4c3C(N)=NS(=O)(=O)N4)CCC2)ccn1. The summed E-state index contributed by atoms with van der Waals surface area (Å²) in [5, 5.41) is 3.08. The van der Waals surface area contributed by atoms with E-state index in [0.29, 0.717) is 22.6 Å². The van der Waals surface area contributed by atoms with Gasteiger partial charge in [-0.2, -0.15) is 8.42 Å². The van der Waals surface area contributed by atoms with Gasteiger partial charge in [0.15, 0.2) is 5.84 Å². The van der Waals surface area contributed by atoms with E-state index >= 15 is 0 Å². The number of hydrogen-bond donors (Lipinski definition) is 3. The van der Waals surface area contributed by atoms with Crippen LogP contribution >= 0.6 is 0 Å². The van der Waals surface area contributed by atoms with E-state index in [1.54, 1.807) is 36.5 Å². The number of fused-ring (bicyclic) bond motifs is 1.